The lowest BCUT2D eigenvalue weighted by Gasteiger charge is -2.27. The Labute approximate surface area is 91.2 Å². The Morgan fingerprint density at radius 2 is 1.29 bits per heavy atom. The average Bonchev–Trinajstić information content (AvgIpc) is 2.06. The zero-order chi connectivity index (χ0) is 11.6. The molecule has 0 spiro atoms. The third kappa shape index (κ3) is 12.0. The summed E-state index contributed by atoms with van der Waals surface area (Å²) < 4.78 is 5.92. The van der Waals surface area contributed by atoms with E-state index < -0.39 is 0 Å². The first-order chi connectivity index (χ1) is 6.49. The SMILES string of the molecule is CC.CCCC(CCC)OC(C)(C)C. The van der Waals surface area contributed by atoms with Crippen molar-refractivity contribution < 1.29 is 4.74 Å². The van der Waals surface area contributed by atoms with Crippen LogP contribution in [0.25, 0.3) is 0 Å². The van der Waals surface area contributed by atoms with Crippen LogP contribution < -0.4 is 0 Å². The molecule has 88 valence electrons. The Morgan fingerprint density at radius 3 is 1.50 bits per heavy atom. The third-order valence-electron chi connectivity index (χ3n) is 1.74. The van der Waals surface area contributed by atoms with Crippen molar-refractivity contribution in [2.45, 2.75) is 85.9 Å². The van der Waals surface area contributed by atoms with Crippen molar-refractivity contribution in [1.82, 2.24) is 0 Å². The summed E-state index contributed by atoms with van der Waals surface area (Å²) in [6.45, 7) is 14.8. The molecule has 0 rings (SSSR count). The van der Waals surface area contributed by atoms with Gasteiger partial charge >= 0.3 is 0 Å². The molecule has 0 radical (unpaired) electrons. The van der Waals surface area contributed by atoms with Crippen LogP contribution >= 0.6 is 0 Å². The number of hydrogen-bond donors (Lipinski definition) is 0. The fourth-order valence-electron chi connectivity index (χ4n) is 1.41. The minimum atomic E-state index is 0.0228. The second-order valence-corrected chi connectivity index (χ2v) is 4.43. The van der Waals surface area contributed by atoms with Gasteiger partial charge in [0.15, 0.2) is 0 Å². The summed E-state index contributed by atoms with van der Waals surface area (Å²) in [6.07, 6.45) is 5.32. The quantitative estimate of drug-likeness (QED) is 0.622. The van der Waals surface area contributed by atoms with Crippen molar-refractivity contribution in [2.24, 2.45) is 0 Å². The third-order valence-corrected chi connectivity index (χ3v) is 1.74. The lowest BCUT2D eigenvalue weighted by atomic mass is 10.1. The molecule has 0 aromatic heterocycles. The zero-order valence-corrected chi connectivity index (χ0v) is 11.3. The maximum atomic E-state index is 5.92. The van der Waals surface area contributed by atoms with Crippen molar-refractivity contribution in [3.8, 4) is 0 Å². The molecule has 0 aliphatic carbocycles. The molecule has 14 heavy (non-hydrogen) atoms. The molecule has 0 heterocycles. The molecule has 0 aliphatic heterocycles. The van der Waals surface area contributed by atoms with Gasteiger partial charge in [0.2, 0.25) is 0 Å². The summed E-state index contributed by atoms with van der Waals surface area (Å²) in [7, 11) is 0. The van der Waals surface area contributed by atoms with E-state index >= 15 is 0 Å². The van der Waals surface area contributed by atoms with E-state index in [1.165, 1.54) is 25.7 Å². The second kappa shape index (κ2) is 9.51. The van der Waals surface area contributed by atoms with Crippen LogP contribution in [0.4, 0.5) is 0 Å². The van der Waals surface area contributed by atoms with Crippen molar-refractivity contribution in [1.29, 1.82) is 0 Å². The van der Waals surface area contributed by atoms with Crippen LogP contribution in [0, 0.1) is 0 Å². The molecule has 0 saturated heterocycles. The molecule has 0 N–H and O–H groups in total. The van der Waals surface area contributed by atoms with Crippen LogP contribution in [0.15, 0.2) is 0 Å². The van der Waals surface area contributed by atoms with Crippen molar-refractivity contribution in [3.05, 3.63) is 0 Å². The maximum absolute atomic E-state index is 5.92. The van der Waals surface area contributed by atoms with Crippen LogP contribution in [0.1, 0.15) is 74.1 Å². The minimum absolute atomic E-state index is 0.0228. The van der Waals surface area contributed by atoms with Gasteiger partial charge in [0.05, 0.1) is 11.7 Å². The summed E-state index contributed by atoms with van der Waals surface area (Å²) in [5.41, 5.74) is 0.0228. The molecule has 0 fully saturated rings. The maximum Gasteiger partial charge on any atom is 0.0602 e. The highest BCUT2D eigenvalue weighted by molar-refractivity contribution is 4.65. The van der Waals surface area contributed by atoms with Gasteiger partial charge in [0.25, 0.3) is 0 Å². The Kier molecular flexibility index (Phi) is 11.1. The molecule has 0 saturated carbocycles. The predicted octanol–water partition coefficient (Wildman–Crippen LogP) is 4.80. The van der Waals surface area contributed by atoms with Gasteiger partial charge in [-0.25, -0.2) is 0 Å². The monoisotopic (exact) mass is 202 g/mol. The fourth-order valence-corrected chi connectivity index (χ4v) is 1.41. The van der Waals surface area contributed by atoms with Gasteiger partial charge in [-0.1, -0.05) is 40.5 Å². The number of hydrogen-bond acceptors (Lipinski definition) is 1. The van der Waals surface area contributed by atoms with Gasteiger partial charge in [0, 0.05) is 0 Å². The molecule has 1 heteroatoms. The Balaban J connectivity index is 0. The first-order valence-corrected chi connectivity index (χ1v) is 6.17. The molecule has 0 aromatic rings. The van der Waals surface area contributed by atoms with Crippen molar-refractivity contribution in [3.63, 3.8) is 0 Å². The summed E-state index contributed by atoms with van der Waals surface area (Å²) in [5, 5.41) is 0. The van der Waals surface area contributed by atoms with E-state index in [1.807, 2.05) is 13.8 Å². The van der Waals surface area contributed by atoms with Gasteiger partial charge in [-0.3, -0.25) is 0 Å². The van der Waals surface area contributed by atoms with Gasteiger partial charge in [-0.05, 0) is 33.6 Å². The standard InChI is InChI=1S/C11H24O.C2H6/c1-6-8-10(9-7-2)12-11(3,4)5;1-2/h10H,6-9H2,1-5H3;1-2H3. The summed E-state index contributed by atoms with van der Waals surface area (Å²) in [4.78, 5) is 0. The molecule has 0 aliphatic rings. The largest absolute Gasteiger partial charge is 0.373 e. The first-order valence-electron chi connectivity index (χ1n) is 6.17. The molecule has 0 unspecified atom stereocenters. The van der Waals surface area contributed by atoms with Crippen LogP contribution in [0.5, 0.6) is 0 Å². The summed E-state index contributed by atoms with van der Waals surface area (Å²) in [6, 6.07) is 0. The minimum Gasteiger partial charge on any atom is -0.373 e. The number of ether oxygens (including phenoxy) is 1. The van der Waals surface area contributed by atoms with Crippen LogP contribution in [-0.4, -0.2) is 11.7 Å². The highest BCUT2D eigenvalue weighted by Gasteiger charge is 2.16. The molecule has 0 amide bonds. The molecule has 1 nitrogen and oxygen atoms in total. The van der Waals surface area contributed by atoms with E-state index in [9.17, 15) is 0 Å². The van der Waals surface area contributed by atoms with Crippen LogP contribution in [0.3, 0.4) is 0 Å². The molecule has 0 atom stereocenters. The Bertz CT molecular complexity index is 96.3. The van der Waals surface area contributed by atoms with Gasteiger partial charge in [-0.15, -0.1) is 0 Å². The predicted molar refractivity (Wildman–Crippen MR) is 65.8 cm³/mol. The molecule has 0 bridgehead atoms. The van der Waals surface area contributed by atoms with Crippen LogP contribution in [0.2, 0.25) is 0 Å². The van der Waals surface area contributed by atoms with Crippen LogP contribution in [-0.2, 0) is 4.74 Å². The second-order valence-electron chi connectivity index (χ2n) is 4.43. The van der Waals surface area contributed by atoms with Gasteiger partial charge in [0.1, 0.15) is 0 Å². The molecular formula is C13H30O. The Hall–Kier alpha value is -0.0400. The highest BCUT2D eigenvalue weighted by atomic mass is 16.5. The topological polar surface area (TPSA) is 9.23 Å². The van der Waals surface area contributed by atoms with E-state index in [4.69, 9.17) is 4.74 Å². The van der Waals surface area contributed by atoms with E-state index in [1.54, 1.807) is 0 Å². The van der Waals surface area contributed by atoms with E-state index in [-0.39, 0.29) is 5.60 Å². The zero-order valence-electron chi connectivity index (χ0n) is 11.3. The smallest absolute Gasteiger partial charge is 0.0602 e. The van der Waals surface area contributed by atoms with E-state index in [0.717, 1.165) is 0 Å². The van der Waals surface area contributed by atoms with Gasteiger partial charge < -0.3 is 4.74 Å². The van der Waals surface area contributed by atoms with E-state index in [2.05, 4.69) is 34.6 Å². The van der Waals surface area contributed by atoms with Crippen molar-refractivity contribution >= 4 is 0 Å². The summed E-state index contributed by atoms with van der Waals surface area (Å²) in [5.74, 6) is 0. The van der Waals surface area contributed by atoms with Crippen molar-refractivity contribution in [2.75, 3.05) is 0 Å². The lowest BCUT2D eigenvalue weighted by Crippen LogP contribution is -2.27. The highest BCUT2D eigenvalue weighted by Crippen LogP contribution is 2.17. The number of rotatable bonds is 5. The summed E-state index contributed by atoms with van der Waals surface area (Å²) >= 11 is 0. The first kappa shape index (κ1) is 16.4. The van der Waals surface area contributed by atoms with E-state index in [0.29, 0.717) is 6.10 Å². The normalized spacial score (nSPS) is 11.1. The molecule has 0 aromatic carbocycles. The average molecular weight is 202 g/mol. The lowest BCUT2D eigenvalue weighted by molar-refractivity contribution is -0.0664. The fraction of sp³-hybridized carbons (Fsp3) is 1.00. The Morgan fingerprint density at radius 1 is 0.929 bits per heavy atom. The molecular weight excluding hydrogens is 172 g/mol. The van der Waals surface area contributed by atoms with Gasteiger partial charge in [-0.2, -0.15) is 0 Å².